The Morgan fingerprint density at radius 2 is 2.22 bits per heavy atom. The molecule has 116 valence electrons. The molecule has 1 aliphatic heterocycles. The van der Waals surface area contributed by atoms with Crippen LogP contribution in [-0.4, -0.2) is 27.3 Å². The molecule has 1 amide bonds. The minimum absolute atomic E-state index is 0.0432. The molecule has 1 spiro atoms. The van der Waals surface area contributed by atoms with E-state index in [9.17, 15) is 4.79 Å². The van der Waals surface area contributed by atoms with E-state index in [0.29, 0.717) is 5.56 Å². The molecule has 0 bridgehead atoms. The predicted octanol–water partition coefficient (Wildman–Crippen LogP) is 3.52. The molecule has 5 rings (SSSR count). The van der Waals surface area contributed by atoms with E-state index in [0.717, 1.165) is 23.3 Å². The molecule has 3 aromatic rings. The third kappa shape index (κ3) is 1.67. The molecule has 1 aromatic carbocycles. The van der Waals surface area contributed by atoms with Gasteiger partial charge in [-0.05, 0) is 37.1 Å². The number of carbonyl (C=O) groups is 1. The van der Waals surface area contributed by atoms with E-state index in [1.54, 1.807) is 12.6 Å². The zero-order chi connectivity index (χ0) is 15.4. The van der Waals surface area contributed by atoms with Gasteiger partial charge in [-0.15, -0.1) is 0 Å². The largest absolute Gasteiger partial charge is 0.467 e. The molecule has 0 radical (unpaired) electrons. The Morgan fingerprint density at radius 1 is 1.30 bits per heavy atom. The van der Waals surface area contributed by atoms with Crippen molar-refractivity contribution >= 4 is 16.9 Å². The van der Waals surface area contributed by atoms with Gasteiger partial charge in [0.25, 0.3) is 5.91 Å². The number of fused-ring (bicyclic) bond motifs is 1. The molecular weight excluding hydrogens is 290 g/mol. The number of aromatic nitrogens is 2. The Balaban J connectivity index is 1.54. The maximum Gasteiger partial charge on any atom is 0.256 e. The Hall–Kier alpha value is -2.56. The fourth-order valence-corrected chi connectivity index (χ4v) is 4.18. The fraction of sp³-hybridized carbons (Fsp3) is 0.333. The summed E-state index contributed by atoms with van der Waals surface area (Å²) in [5, 5.41) is 0. The maximum absolute atomic E-state index is 13.1. The summed E-state index contributed by atoms with van der Waals surface area (Å²) in [5.74, 6) is 0.945. The van der Waals surface area contributed by atoms with Crippen molar-refractivity contribution in [2.75, 3.05) is 6.54 Å². The molecule has 2 aromatic heterocycles. The number of para-hydroxylation sites is 1. The summed E-state index contributed by atoms with van der Waals surface area (Å²) in [6.45, 7) is 0.817. The molecule has 5 heteroatoms. The van der Waals surface area contributed by atoms with Gasteiger partial charge in [0.1, 0.15) is 11.3 Å². The van der Waals surface area contributed by atoms with Crippen molar-refractivity contribution in [3.63, 3.8) is 0 Å². The van der Waals surface area contributed by atoms with E-state index < -0.39 is 0 Å². The maximum atomic E-state index is 13.1. The average molecular weight is 307 g/mol. The minimum Gasteiger partial charge on any atom is -0.467 e. The average Bonchev–Trinajstić information content (AvgIpc) is 3.14. The molecule has 1 saturated heterocycles. The minimum atomic E-state index is 0.0432. The van der Waals surface area contributed by atoms with Crippen LogP contribution in [0, 0.1) is 5.41 Å². The van der Waals surface area contributed by atoms with Crippen LogP contribution in [-0.2, 0) is 0 Å². The van der Waals surface area contributed by atoms with Gasteiger partial charge in [0, 0.05) is 12.0 Å². The third-order valence-electron chi connectivity index (χ3n) is 5.48. The number of likely N-dealkylation sites (tertiary alicyclic amines) is 1. The first-order chi connectivity index (χ1) is 11.3. The number of rotatable bonds is 2. The fourth-order valence-electron chi connectivity index (χ4n) is 4.18. The molecule has 1 aliphatic carbocycles. The molecular formula is C18H17N3O2. The lowest BCUT2D eigenvalue weighted by molar-refractivity contribution is -0.113. The lowest BCUT2D eigenvalue weighted by Crippen LogP contribution is -2.63. The molecule has 1 atom stereocenters. The van der Waals surface area contributed by atoms with Crippen LogP contribution in [0.2, 0.25) is 0 Å². The molecule has 3 heterocycles. The molecule has 5 nitrogen and oxygen atoms in total. The number of hydrogen-bond acceptors (Lipinski definition) is 3. The number of nitrogens with zero attached hydrogens (tertiary/aromatic N) is 2. The Morgan fingerprint density at radius 3 is 2.96 bits per heavy atom. The van der Waals surface area contributed by atoms with Crippen molar-refractivity contribution in [1.29, 1.82) is 0 Å². The number of hydrogen-bond donors (Lipinski definition) is 1. The van der Waals surface area contributed by atoms with Crippen LogP contribution in [0.15, 0.2) is 47.3 Å². The number of imidazole rings is 1. The van der Waals surface area contributed by atoms with Crippen LogP contribution in [0.5, 0.6) is 0 Å². The summed E-state index contributed by atoms with van der Waals surface area (Å²) >= 11 is 0. The second-order valence-corrected chi connectivity index (χ2v) is 6.67. The van der Waals surface area contributed by atoms with Crippen molar-refractivity contribution in [1.82, 2.24) is 14.9 Å². The van der Waals surface area contributed by atoms with Gasteiger partial charge in [-0.25, -0.2) is 4.98 Å². The molecule has 23 heavy (non-hydrogen) atoms. The van der Waals surface area contributed by atoms with E-state index >= 15 is 0 Å². The first-order valence-corrected chi connectivity index (χ1v) is 8.05. The zero-order valence-electron chi connectivity index (χ0n) is 12.7. The van der Waals surface area contributed by atoms with Gasteiger partial charge in [-0.3, -0.25) is 4.79 Å². The summed E-state index contributed by atoms with van der Waals surface area (Å²) in [5.41, 5.74) is 2.52. The number of nitrogens with one attached hydrogen (secondary N) is 1. The Kier molecular flexibility index (Phi) is 2.52. The summed E-state index contributed by atoms with van der Waals surface area (Å²) in [4.78, 5) is 22.4. The molecule has 1 unspecified atom stereocenters. The number of H-pyrrole nitrogens is 1. The van der Waals surface area contributed by atoms with Crippen molar-refractivity contribution in [3.05, 3.63) is 54.2 Å². The van der Waals surface area contributed by atoms with Crippen LogP contribution in [0.3, 0.4) is 0 Å². The third-order valence-corrected chi connectivity index (χ3v) is 5.48. The normalized spacial score (nSPS) is 22.1. The van der Waals surface area contributed by atoms with E-state index in [1.807, 2.05) is 35.2 Å². The van der Waals surface area contributed by atoms with Crippen molar-refractivity contribution in [2.45, 2.75) is 25.3 Å². The van der Waals surface area contributed by atoms with Crippen molar-refractivity contribution < 1.29 is 9.21 Å². The Bertz CT molecular complexity index is 877. The summed E-state index contributed by atoms with van der Waals surface area (Å²) in [6.07, 6.45) is 6.92. The van der Waals surface area contributed by atoms with Crippen LogP contribution < -0.4 is 0 Å². The predicted molar refractivity (Wildman–Crippen MR) is 84.9 cm³/mol. The number of carbonyl (C=O) groups excluding carboxylic acids is 1. The highest BCUT2D eigenvalue weighted by atomic mass is 16.3. The Labute approximate surface area is 133 Å². The van der Waals surface area contributed by atoms with Crippen LogP contribution in [0.25, 0.3) is 11.0 Å². The first kappa shape index (κ1) is 12.9. The molecule has 1 saturated carbocycles. The second-order valence-electron chi connectivity index (χ2n) is 6.67. The molecule has 1 N–H and O–H groups in total. The van der Waals surface area contributed by atoms with Crippen LogP contribution in [0.1, 0.15) is 41.4 Å². The van der Waals surface area contributed by atoms with Gasteiger partial charge < -0.3 is 14.3 Å². The number of amides is 1. The highest BCUT2D eigenvalue weighted by Gasteiger charge is 2.59. The second kappa shape index (κ2) is 4.47. The van der Waals surface area contributed by atoms with Crippen LogP contribution in [0.4, 0.5) is 0 Å². The number of benzene rings is 1. The van der Waals surface area contributed by atoms with Gasteiger partial charge in [0.2, 0.25) is 0 Å². The topological polar surface area (TPSA) is 62.1 Å². The zero-order valence-corrected chi connectivity index (χ0v) is 12.7. The quantitative estimate of drug-likeness (QED) is 0.788. The molecule has 2 aliphatic rings. The smallest absolute Gasteiger partial charge is 0.256 e. The van der Waals surface area contributed by atoms with Gasteiger partial charge in [-0.2, -0.15) is 0 Å². The SMILES string of the molecule is O=C(c1cccc2[nH]cnc12)N1CC2(CCC2)C1c1ccco1. The van der Waals surface area contributed by atoms with Gasteiger partial charge in [0.15, 0.2) is 0 Å². The van der Waals surface area contributed by atoms with Crippen LogP contribution >= 0.6 is 0 Å². The van der Waals surface area contributed by atoms with E-state index in [1.165, 1.54) is 19.3 Å². The van der Waals surface area contributed by atoms with Crippen molar-refractivity contribution in [3.8, 4) is 0 Å². The summed E-state index contributed by atoms with van der Waals surface area (Å²) in [7, 11) is 0. The van der Waals surface area contributed by atoms with Gasteiger partial charge >= 0.3 is 0 Å². The highest BCUT2D eigenvalue weighted by Crippen LogP contribution is 2.60. The van der Waals surface area contributed by atoms with E-state index in [-0.39, 0.29) is 17.4 Å². The molecule has 2 fully saturated rings. The summed E-state index contributed by atoms with van der Waals surface area (Å²) in [6, 6.07) is 9.64. The lowest BCUT2D eigenvalue weighted by Gasteiger charge is -2.61. The lowest BCUT2D eigenvalue weighted by atomic mass is 9.57. The standard InChI is InChI=1S/C18H17N3O2/c22-17(12-4-1-5-13-15(12)20-11-19-13)21-10-18(7-3-8-18)16(21)14-6-2-9-23-14/h1-2,4-6,9,11,16H,3,7-8,10H2,(H,19,20). The number of furan rings is 1. The highest BCUT2D eigenvalue weighted by molar-refractivity contribution is 6.05. The van der Waals surface area contributed by atoms with E-state index in [4.69, 9.17) is 4.42 Å². The first-order valence-electron chi connectivity index (χ1n) is 8.05. The number of aromatic amines is 1. The summed E-state index contributed by atoms with van der Waals surface area (Å²) < 4.78 is 5.64. The van der Waals surface area contributed by atoms with Gasteiger partial charge in [-0.1, -0.05) is 12.5 Å². The van der Waals surface area contributed by atoms with Crippen molar-refractivity contribution in [2.24, 2.45) is 5.41 Å². The van der Waals surface area contributed by atoms with E-state index in [2.05, 4.69) is 9.97 Å². The van der Waals surface area contributed by atoms with Gasteiger partial charge in [0.05, 0.1) is 29.7 Å². The monoisotopic (exact) mass is 307 g/mol.